The van der Waals surface area contributed by atoms with E-state index in [9.17, 15) is 0 Å². The summed E-state index contributed by atoms with van der Waals surface area (Å²) in [5.41, 5.74) is 5.98. The monoisotopic (exact) mass is 184 g/mol. The summed E-state index contributed by atoms with van der Waals surface area (Å²) in [6.45, 7) is 1.85. The van der Waals surface area contributed by atoms with Crippen LogP contribution in [0.3, 0.4) is 0 Å². The molecule has 76 valence electrons. The van der Waals surface area contributed by atoms with E-state index in [4.69, 9.17) is 10.5 Å². The van der Waals surface area contributed by atoms with Crippen molar-refractivity contribution in [3.63, 3.8) is 0 Å². The molecule has 0 saturated carbocycles. The van der Waals surface area contributed by atoms with Crippen molar-refractivity contribution in [1.82, 2.24) is 4.90 Å². The Labute approximate surface area is 80.5 Å². The summed E-state index contributed by atoms with van der Waals surface area (Å²) >= 11 is 0. The minimum atomic E-state index is 0.0858. The van der Waals surface area contributed by atoms with Gasteiger partial charge in [-0.3, -0.25) is 0 Å². The fourth-order valence-electron chi connectivity index (χ4n) is 1.37. The quantitative estimate of drug-likeness (QED) is 0.707. The maximum Gasteiger partial charge on any atom is 0.109 e. The second-order valence-electron chi connectivity index (χ2n) is 3.80. The van der Waals surface area contributed by atoms with Gasteiger partial charge in [0.1, 0.15) is 5.76 Å². The number of hydrogen-bond acceptors (Lipinski definition) is 3. The zero-order chi connectivity index (χ0) is 9.68. The van der Waals surface area contributed by atoms with Crippen LogP contribution in [0, 0.1) is 0 Å². The Morgan fingerprint density at radius 3 is 2.92 bits per heavy atom. The molecule has 13 heavy (non-hydrogen) atoms. The van der Waals surface area contributed by atoms with Crippen molar-refractivity contribution < 1.29 is 4.74 Å². The van der Waals surface area contributed by atoms with Gasteiger partial charge in [-0.1, -0.05) is 0 Å². The third kappa shape index (κ3) is 3.79. The molecule has 3 nitrogen and oxygen atoms in total. The van der Waals surface area contributed by atoms with Gasteiger partial charge in [0, 0.05) is 0 Å². The number of nitrogens with zero attached hydrogens (tertiary/aromatic N) is 1. The molecular weight excluding hydrogens is 164 g/mol. The first kappa shape index (κ1) is 10.5. The predicted octanol–water partition coefficient (Wildman–Crippen LogP) is 0.960. The van der Waals surface area contributed by atoms with Crippen molar-refractivity contribution >= 4 is 0 Å². The van der Waals surface area contributed by atoms with E-state index in [0.717, 1.165) is 38.2 Å². The Morgan fingerprint density at radius 1 is 1.62 bits per heavy atom. The molecule has 1 rings (SSSR count). The molecule has 0 aromatic carbocycles. The van der Waals surface area contributed by atoms with Crippen LogP contribution >= 0.6 is 0 Å². The SMILES string of the molecule is CN(C)CCC(N)C1=CCCCO1. The van der Waals surface area contributed by atoms with Crippen LogP contribution in [0.2, 0.25) is 0 Å². The Hall–Kier alpha value is -0.540. The van der Waals surface area contributed by atoms with E-state index in [1.165, 1.54) is 0 Å². The lowest BCUT2D eigenvalue weighted by Crippen LogP contribution is -2.30. The summed E-state index contributed by atoms with van der Waals surface area (Å²) in [4.78, 5) is 2.14. The summed E-state index contributed by atoms with van der Waals surface area (Å²) in [5.74, 6) is 0.994. The van der Waals surface area contributed by atoms with Crippen LogP contribution < -0.4 is 5.73 Å². The van der Waals surface area contributed by atoms with Crippen LogP contribution in [-0.4, -0.2) is 38.2 Å². The third-order valence-electron chi connectivity index (χ3n) is 2.22. The topological polar surface area (TPSA) is 38.5 Å². The Bertz CT molecular complexity index is 178. The van der Waals surface area contributed by atoms with E-state index in [-0.39, 0.29) is 6.04 Å². The molecule has 0 aromatic heterocycles. The molecule has 0 spiro atoms. The van der Waals surface area contributed by atoms with Crippen LogP contribution in [0.4, 0.5) is 0 Å². The third-order valence-corrected chi connectivity index (χ3v) is 2.22. The predicted molar refractivity (Wildman–Crippen MR) is 54.4 cm³/mol. The first-order valence-electron chi connectivity index (χ1n) is 4.93. The summed E-state index contributed by atoms with van der Waals surface area (Å²) < 4.78 is 5.49. The van der Waals surface area contributed by atoms with E-state index < -0.39 is 0 Å². The number of ether oxygens (including phenoxy) is 1. The van der Waals surface area contributed by atoms with Gasteiger partial charge >= 0.3 is 0 Å². The lowest BCUT2D eigenvalue weighted by atomic mass is 10.1. The van der Waals surface area contributed by atoms with Crippen LogP contribution in [0.15, 0.2) is 11.8 Å². The molecule has 0 radical (unpaired) electrons. The smallest absolute Gasteiger partial charge is 0.109 e. The molecule has 0 amide bonds. The van der Waals surface area contributed by atoms with Crippen molar-refractivity contribution in [3.05, 3.63) is 11.8 Å². The largest absolute Gasteiger partial charge is 0.497 e. The van der Waals surface area contributed by atoms with Crippen LogP contribution in [0.1, 0.15) is 19.3 Å². The van der Waals surface area contributed by atoms with Gasteiger partial charge in [-0.15, -0.1) is 0 Å². The molecular formula is C10H20N2O. The number of nitrogens with two attached hydrogens (primary N) is 1. The highest BCUT2D eigenvalue weighted by molar-refractivity contribution is 5.04. The minimum Gasteiger partial charge on any atom is -0.497 e. The summed E-state index contributed by atoms with van der Waals surface area (Å²) in [6, 6.07) is 0.0858. The fraction of sp³-hybridized carbons (Fsp3) is 0.800. The lowest BCUT2D eigenvalue weighted by molar-refractivity contribution is 0.171. The van der Waals surface area contributed by atoms with Gasteiger partial charge < -0.3 is 15.4 Å². The highest BCUT2D eigenvalue weighted by Crippen LogP contribution is 2.14. The Balaban J connectivity index is 2.29. The van der Waals surface area contributed by atoms with Crippen LogP contribution in [-0.2, 0) is 4.74 Å². The molecule has 0 aliphatic carbocycles. The summed E-state index contributed by atoms with van der Waals surface area (Å²) in [7, 11) is 4.12. The van der Waals surface area contributed by atoms with Crippen molar-refractivity contribution in [2.24, 2.45) is 5.73 Å². The second-order valence-corrected chi connectivity index (χ2v) is 3.80. The van der Waals surface area contributed by atoms with Gasteiger partial charge in [-0.05, 0) is 46.0 Å². The highest BCUT2D eigenvalue weighted by atomic mass is 16.5. The maximum atomic E-state index is 5.98. The van der Waals surface area contributed by atoms with Crippen LogP contribution in [0.25, 0.3) is 0 Å². The van der Waals surface area contributed by atoms with Gasteiger partial charge in [0.05, 0.1) is 12.6 Å². The van der Waals surface area contributed by atoms with E-state index in [0.29, 0.717) is 0 Å². The van der Waals surface area contributed by atoms with E-state index in [1.54, 1.807) is 0 Å². The average molecular weight is 184 g/mol. The van der Waals surface area contributed by atoms with Gasteiger partial charge in [-0.25, -0.2) is 0 Å². The minimum absolute atomic E-state index is 0.0858. The van der Waals surface area contributed by atoms with Crippen molar-refractivity contribution in [2.75, 3.05) is 27.2 Å². The van der Waals surface area contributed by atoms with E-state index in [1.807, 2.05) is 0 Å². The molecule has 1 unspecified atom stereocenters. The van der Waals surface area contributed by atoms with Crippen molar-refractivity contribution in [3.8, 4) is 0 Å². The fourth-order valence-corrected chi connectivity index (χ4v) is 1.37. The van der Waals surface area contributed by atoms with Gasteiger partial charge in [-0.2, -0.15) is 0 Å². The maximum absolute atomic E-state index is 5.98. The zero-order valence-corrected chi connectivity index (χ0v) is 8.62. The number of allylic oxidation sites excluding steroid dienone is 1. The van der Waals surface area contributed by atoms with Crippen molar-refractivity contribution in [1.29, 1.82) is 0 Å². The molecule has 1 heterocycles. The number of hydrogen-bond donors (Lipinski definition) is 1. The molecule has 0 fully saturated rings. The molecule has 2 N–H and O–H groups in total. The standard InChI is InChI=1S/C10H20N2O/c1-12(2)7-6-9(11)10-5-3-4-8-13-10/h5,9H,3-4,6-8,11H2,1-2H3. The molecule has 3 heteroatoms. The van der Waals surface area contributed by atoms with Gasteiger partial charge in [0.15, 0.2) is 0 Å². The Kier molecular flexibility index (Phi) is 4.25. The summed E-state index contributed by atoms with van der Waals surface area (Å²) in [6.07, 6.45) is 5.34. The molecule has 1 atom stereocenters. The average Bonchev–Trinajstić information content (AvgIpc) is 2.15. The molecule has 1 aliphatic heterocycles. The van der Waals surface area contributed by atoms with Gasteiger partial charge in [0.25, 0.3) is 0 Å². The van der Waals surface area contributed by atoms with E-state index in [2.05, 4.69) is 25.1 Å². The highest BCUT2D eigenvalue weighted by Gasteiger charge is 2.13. The molecule has 0 aromatic rings. The number of rotatable bonds is 4. The van der Waals surface area contributed by atoms with E-state index >= 15 is 0 Å². The zero-order valence-electron chi connectivity index (χ0n) is 8.62. The molecule has 0 saturated heterocycles. The first-order chi connectivity index (χ1) is 6.20. The molecule has 0 bridgehead atoms. The second kappa shape index (κ2) is 5.25. The van der Waals surface area contributed by atoms with Crippen molar-refractivity contribution in [2.45, 2.75) is 25.3 Å². The normalized spacial score (nSPS) is 19.5. The Morgan fingerprint density at radius 2 is 2.38 bits per heavy atom. The summed E-state index contributed by atoms with van der Waals surface area (Å²) in [5, 5.41) is 0. The lowest BCUT2D eigenvalue weighted by Gasteiger charge is -2.21. The first-order valence-corrected chi connectivity index (χ1v) is 4.93. The van der Waals surface area contributed by atoms with Gasteiger partial charge in [0.2, 0.25) is 0 Å². The molecule has 1 aliphatic rings. The van der Waals surface area contributed by atoms with Crippen LogP contribution in [0.5, 0.6) is 0 Å².